The largest absolute Gasteiger partial charge is 0.508 e. The van der Waals surface area contributed by atoms with Crippen molar-refractivity contribution in [2.75, 3.05) is 19.7 Å². The van der Waals surface area contributed by atoms with Crippen molar-refractivity contribution in [1.29, 1.82) is 0 Å². The Morgan fingerprint density at radius 2 is 1.57 bits per heavy atom. The van der Waals surface area contributed by atoms with E-state index in [2.05, 4.69) is 23.1 Å². The molecular weight excluding hydrogens is 576 g/mol. The van der Waals surface area contributed by atoms with Crippen LogP contribution in [0.2, 0.25) is 0 Å². The highest BCUT2D eigenvalue weighted by atomic mass is 16.3. The third-order valence-electron chi connectivity index (χ3n) is 10.2. The lowest BCUT2D eigenvalue weighted by molar-refractivity contribution is -0.144. The van der Waals surface area contributed by atoms with Gasteiger partial charge in [-0.05, 0) is 79.0 Å². The van der Waals surface area contributed by atoms with Gasteiger partial charge in [0.2, 0.25) is 11.8 Å². The molecule has 4 atom stereocenters. The Morgan fingerprint density at radius 3 is 2.22 bits per heavy atom. The Hall–Kier alpha value is -4.04. The summed E-state index contributed by atoms with van der Waals surface area (Å²) >= 11 is 0. The van der Waals surface area contributed by atoms with E-state index in [0.29, 0.717) is 24.8 Å². The number of hydrogen-bond donors (Lipinski definition) is 3. The van der Waals surface area contributed by atoms with Crippen LogP contribution in [0.3, 0.4) is 0 Å². The van der Waals surface area contributed by atoms with Gasteiger partial charge >= 0.3 is 0 Å². The average molecular weight is 621 g/mol. The Morgan fingerprint density at radius 1 is 0.913 bits per heavy atom. The number of amides is 2. The van der Waals surface area contributed by atoms with Crippen LogP contribution in [0.4, 0.5) is 0 Å². The van der Waals surface area contributed by atoms with Crippen LogP contribution in [0.1, 0.15) is 55.7 Å². The fourth-order valence-electron chi connectivity index (χ4n) is 7.85. The number of fused-ring (bicyclic) bond motifs is 1. The third kappa shape index (κ3) is 6.73. The molecule has 2 aliphatic heterocycles. The van der Waals surface area contributed by atoms with Crippen LogP contribution in [0.15, 0.2) is 96.1 Å². The van der Waals surface area contributed by atoms with Gasteiger partial charge in [0.05, 0.1) is 24.5 Å². The number of phenols is 1. The van der Waals surface area contributed by atoms with Crippen molar-refractivity contribution in [3.8, 4) is 5.75 Å². The molecule has 3 aromatic rings. The Kier molecular flexibility index (Phi) is 9.83. The maximum absolute atomic E-state index is 14.0. The van der Waals surface area contributed by atoms with Crippen molar-refractivity contribution in [2.45, 2.75) is 57.7 Å². The van der Waals surface area contributed by atoms with Crippen molar-refractivity contribution in [3.63, 3.8) is 0 Å². The number of phenolic OH excluding ortho intramolecular Hbond substituents is 1. The molecule has 240 valence electrons. The molecule has 46 heavy (non-hydrogen) atoms. The summed E-state index contributed by atoms with van der Waals surface area (Å²) in [4.78, 5) is 31.7. The summed E-state index contributed by atoms with van der Waals surface area (Å²) in [7, 11) is 0. The van der Waals surface area contributed by atoms with Crippen molar-refractivity contribution in [1.82, 2.24) is 9.80 Å². The smallest absolute Gasteiger partial charge is 0.234 e. The summed E-state index contributed by atoms with van der Waals surface area (Å²) < 4.78 is 0. The van der Waals surface area contributed by atoms with Gasteiger partial charge in [-0.1, -0.05) is 84.4 Å². The Balaban J connectivity index is 1.15. The van der Waals surface area contributed by atoms with E-state index in [0.717, 1.165) is 54.7 Å². The molecule has 0 spiro atoms. The lowest BCUT2D eigenvalue weighted by atomic mass is 9.68. The minimum absolute atomic E-state index is 0.119. The summed E-state index contributed by atoms with van der Waals surface area (Å²) in [5, 5.41) is 32.0. The fraction of sp³-hybridized carbons (Fsp3) is 0.385. The summed E-state index contributed by atoms with van der Waals surface area (Å²) in [6.45, 7) is 4.14. The number of nitrogens with zero attached hydrogens (tertiary/aromatic N) is 2. The van der Waals surface area contributed by atoms with E-state index < -0.39 is 23.9 Å². The second kappa shape index (κ2) is 14.2. The first-order chi connectivity index (χ1) is 22.3. The Bertz CT molecular complexity index is 1580. The second-order valence-electron chi connectivity index (χ2n) is 13.1. The molecule has 0 unspecified atom stereocenters. The number of likely N-dealkylation sites (tertiary alicyclic amines) is 2. The van der Waals surface area contributed by atoms with E-state index in [4.69, 9.17) is 0 Å². The molecule has 0 saturated carbocycles. The molecule has 2 fully saturated rings. The number of aliphatic hydroxyl groups excluding tert-OH is 2. The van der Waals surface area contributed by atoms with Crippen LogP contribution in [-0.4, -0.2) is 68.8 Å². The summed E-state index contributed by atoms with van der Waals surface area (Å²) in [5.41, 5.74) is 5.88. The third-order valence-corrected chi connectivity index (χ3v) is 10.2. The lowest BCUT2D eigenvalue weighted by Crippen LogP contribution is -2.47. The van der Waals surface area contributed by atoms with E-state index in [9.17, 15) is 24.9 Å². The zero-order chi connectivity index (χ0) is 32.2. The van der Waals surface area contributed by atoms with E-state index in [1.165, 1.54) is 10.5 Å². The summed E-state index contributed by atoms with van der Waals surface area (Å²) in [6.07, 6.45) is 4.08. The molecule has 0 bridgehead atoms. The number of benzene rings is 3. The number of allylic oxidation sites excluding steroid dienone is 2. The summed E-state index contributed by atoms with van der Waals surface area (Å²) in [6, 6.07) is 27.2. The number of piperidine rings is 1. The molecule has 7 heteroatoms. The number of aromatic hydroxyl groups is 1. The highest BCUT2D eigenvalue weighted by molar-refractivity contribution is 6.06. The Labute approximate surface area is 271 Å². The van der Waals surface area contributed by atoms with Gasteiger partial charge < -0.3 is 15.3 Å². The van der Waals surface area contributed by atoms with Crippen molar-refractivity contribution in [2.24, 2.45) is 17.8 Å². The van der Waals surface area contributed by atoms with E-state index in [1.807, 2.05) is 67.6 Å². The molecule has 3 N–H and O–H groups in total. The van der Waals surface area contributed by atoms with Crippen LogP contribution in [-0.2, 0) is 16.1 Å². The first kappa shape index (κ1) is 31.9. The second-order valence-corrected chi connectivity index (χ2v) is 13.1. The normalized spacial score (nSPS) is 23.6. The number of imide groups is 1. The van der Waals surface area contributed by atoms with E-state index in [1.54, 1.807) is 12.1 Å². The van der Waals surface area contributed by atoms with Crippen LogP contribution in [0.25, 0.3) is 11.6 Å². The molecule has 7 nitrogen and oxygen atoms in total. The van der Waals surface area contributed by atoms with Crippen LogP contribution >= 0.6 is 0 Å². The predicted molar refractivity (Wildman–Crippen MR) is 179 cm³/mol. The van der Waals surface area contributed by atoms with Crippen LogP contribution in [0.5, 0.6) is 5.75 Å². The standard InChI is InChI=1S/C39H44N2O5/c1-26-22-33-37(39(46)41(38(33)45)31-18-20-40(21-19-31)24-28-8-4-2-5-9-28)34(25-42)36(26)35(44)17-14-30(29-10-6-3-7-11-29)23-27-12-15-32(43)16-13-27/h2-13,15-16,23,31,33-35,37,42-44H,14,17-22,24-25H2,1H3/b30-23-/t33-,34+,35-,37-/m1/s1. The lowest BCUT2D eigenvalue weighted by Gasteiger charge is -2.36. The maximum atomic E-state index is 14.0. The van der Waals surface area contributed by atoms with Gasteiger partial charge in [-0.25, -0.2) is 0 Å². The molecule has 1 aliphatic carbocycles. The van der Waals surface area contributed by atoms with Gasteiger partial charge in [0.15, 0.2) is 0 Å². The number of hydrogen-bond acceptors (Lipinski definition) is 6. The highest BCUT2D eigenvalue weighted by Crippen LogP contribution is 2.47. The van der Waals surface area contributed by atoms with Gasteiger partial charge in [0.25, 0.3) is 0 Å². The van der Waals surface area contributed by atoms with Gasteiger partial charge in [0, 0.05) is 31.6 Å². The van der Waals surface area contributed by atoms with Gasteiger partial charge in [0.1, 0.15) is 5.75 Å². The zero-order valence-corrected chi connectivity index (χ0v) is 26.5. The van der Waals surface area contributed by atoms with E-state index in [-0.39, 0.29) is 30.2 Å². The molecule has 6 rings (SSSR count). The molecule has 2 saturated heterocycles. The number of rotatable bonds is 10. The number of aliphatic hydroxyl groups is 2. The highest BCUT2D eigenvalue weighted by Gasteiger charge is 2.56. The first-order valence-corrected chi connectivity index (χ1v) is 16.5. The van der Waals surface area contributed by atoms with E-state index >= 15 is 0 Å². The topological polar surface area (TPSA) is 101 Å². The van der Waals surface area contributed by atoms with Crippen LogP contribution in [0, 0.1) is 17.8 Å². The number of carbonyl (C=O) groups is 2. The minimum Gasteiger partial charge on any atom is -0.508 e. The van der Waals surface area contributed by atoms with Gasteiger partial charge in [-0.2, -0.15) is 0 Å². The first-order valence-electron chi connectivity index (χ1n) is 16.5. The molecule has 2 heterocycles. The molecule has 0 aromatic heterocycles. The minimum atomic E-state index is -0.858. The molecule has 2 amide bonds. The quantitative estimate of drug-likeness (QED) is 0.154. The zero-order valence-electron chi connectivity index (χ0n) is 26.5. The number of carbonyl (C=O) groups excluding carboxylic acids is 2. The monoisotopic (exact) mass is 620 g/mol. The van der Waals surface area contributed by atoms with Crippen molar-refractivity contribution < 1.29 is 24.9 Å². The van der Waals surface area contributed by atoms with Gasteiger partial charge in [-0.15, -0.1) is 0 Å². The van der Waals surface area contributed by atoms with Crippen molar-refractivity contribution in [3.05, 3.63) is 113 Å². The molecular formula is C39H44N2O5. The molecule has 3 aromatic carbocycles. The predicted octanol–water partition coefficient (Wildman–Crippen LogP) is 5.67. The van der Waals surface area contributed by atoms with Gasteiger partial charge in [-0.3, -0.25) is 19.4 Å². The van der Waals surface area contributed by atoms with Crippen molar-refractivity contribution >= 4 is 23.5 Å². The fourth-order valence-corrected chi connectivity index (χ4v) is 7.85. The van der Waals surface area contributed by atoms with Crippen LogP contribution < -0.4 is 0 Å². The SMILES string of the molecule is CC1=C([C@H](O)CC/C(=C/c2ccc(O)cc2)c2ccccc2)[C@H](CO)[C@@H]2C(=O)N(C3CCN(Cc4ccccc4)CC3)C(=O)[C@@H]2C1. The average Bonchev–Trinajstić information content (AvgIpc) is 3.32. The molecule has 3 aliphatic rings. The maximum Gasteiger partial charge on any atom is 0.234 e. The summed E-state index contributed by atoms with van der Waals surface area (Å²) in [5.74, 6) is -1.83. The molecule has 0 radical (unpaired) electrons.